The van der Waals surface area contributed by atoms with Gasteiger partial charge in [0.15, 0.2) is 23.0 Å². The van der Waals surface area contributed by atoms with Crippen LogP contribution in [0.3, 0.4) is 0 Å². The van der Waals surface area contributed by atoms with Gasteiger partial charge in [0.25, 0.3) is 0 Å². The van der Waals surface area contributed by atoms with Gasteiger partial charge in [-0.25, -0.2) is 14.8 Å². The van der Waals surface area contributed by atoms with Crippen molar-refractivity contribution >= 4 is 17.0 Å². The molecule has 0 fully saturated rings. The first-order chi connectivity index (χ1) is 12.0. The summed E-state index contributed by atoms with van der Waals surface area (Å²) < 4.78 is 2.14. The summed E-state index contributed by atoms with van der Waals surface area (Å²) in [7, 11) is 0. The van der Waals surface area contributed by atoms with E-state index in [0.717, 1.165) is 4.73 Å². The van der Waals surface area contributed by atoms with Crippen molar-refractivity contribution in [3.63, 3.8) is 0 Å². The molecule has 0 bridgehead atoms. The van der Waals surface area contributed by atoms with Crippen LogP contribution in [0.1, 0.15) is 11.4 Å². The minimum Gasteiger partial charge on any atom is -0.618 e. The Morgan fingerprint density at radius 3 is 2.92 bits per heavy atom. The molecule has 0 aliphatic rings. The molecule has 0 atom stereocenters. The van der Waals surface area contributed by atoms with Crippen LogP contribution < -0.4 is 16.2 Å². The van der Waals surface area contributed by atoms with Gasteiger partial charge < -0.3 is 15.9 Å². The number of hydrogen-bond donors (Lipinski definition) is 3. The van der Waals surface area contributed by atoms with Crippen LogP contribution in [0.4, 0.5) is 5.82 Å². The molecule has 4 N–H and O–H groups in total. The third kappa shape index (κ3) is 2.40. The first kappa shape index (κ1) is 14.9. The molecule has 0 aliphatic heterocycles. The van der Waals surface area contributed by atoms with E-state index < -0.39 is 5.69 Å². The number of fused-ring (bicyclic) bond motifs is 1. The Balaban J connectivity index is 1.90. The molecule has 4 aromatic heterocycles. The van der Waals surface area contributed by atoms with Crippen molar-refractivity contribution in [1.29, 1.82) is 0 Å². The Hall–Kier alpha value is -3.69. The number of nitrogens with zero attached hydrogens (tertiary/aromatic N) is 5. The number of aromatic amines is 2. The van der Waals surface area contributed by atoms with Crippen molar-refractivity contribution in [2.24, 2.45) is 0 Å². The number of anilines is 1. The average Bonchev–Trinajstić information content (AvgIpc) is 3.21. The van der Waals surface area contributed by atoms with Crippen molar-refractivity contribution in [1.82, 2.24) is 29.7 Å². The molecule has 4 aromatic rings. The Kier molecular flexibility index (Phi) is 3.24. The maximum absolute atomic E-state index is 12.3. The van der Waals surface area contributed by atoms with E-state index in [9.17, 15) is 10.0 Å². The van der Waals surface area contributed by atoms with Gasteiger partial charge in [-0.15, -0.1) is 0 Å². The SMILES string of the molecule is Cc1cccc(Cn2c(=O)[nH]c3c(N)nc(-c4ccn[nH]4)nc32)[n+]1[O-]. The molecule has 126 valence electrons. The first-order valence-corrected chi connectivity index (χ1v) is 7.48. The molecule has 4 rings (SSSR count). The van der Waals surface area contributed by atoms with Crippen molar-refractivity contribution < 1.29 is 4.73 Å². The van der Waals surface area contributed by atoms with Gasteiger partial charge in [0, 0.05) is 25.3 Å². The summed E-state index contributed by atoms with van der Waals surface area (Å²) in [6.07, 6.45) is 1.57. The lowest BCUT2D eigenvalue weighted by Crippen LogP contribution is -2.37. The molecule has 0 spiro atoms. The smallest absolute Gasteiger partial charge is 0.328 e. The van der Waals surface area contributed by atoms with Gasteiger partial charge in [0.05, 0.1) is 0 Å². The number of aryl methyl sites for hydroxylation is 1. The number of nitrogen functional groups attached to an aromatic ring is 1. The van der Waals surface area contributed by atoms with Crippen molar-refractivity contribution in [3.8, 4) is 11.5 Å². The predicted octanol–water partition coefficient (Wildman–Crippen LogP) is 0.0820. The second-order valence-corrected chi connectivity index (χ2v) is 5.57. The molecule has 25 heavy (non-hydrogen) atoms. The van der Waals surface area contributed by atoms with Crippen LogP contribution in [0.25, 0.3) is 22.7 Å². The molecule has 0 saturated carbocycles. The van der Waals surface area contributed by atoms with E-state index in [1.54, 1.807) is 37.4 Å². The van der Waals surface area contributed by atoms with Crippen molar-refractivity contribution in [2.75, 3.05) is 5.73 Å². The van der Waals surface area contributed by atoms with Crippen LogP contribution in [0.15, 0.2) is 35.3 Å². The van der Waals surface area contributed by atoms with Crippen LogP contribution in [-0.4, -0.2) is 29.7 Å². The maximum Gasteiger partial charge on any atom is 0.328 e. The van der Waals surface area contributed by atoms with Crippen LogP contribution in [0.5, 0.6) is 0 Å². The number of pyridine rings is 1. The summed E-state index contributed by atoms with van der Waals surface area (Å²) in [5.74, 6) is 0.458. The minimum absolute atomic E-state index is 0.0584. The summed E-state index contributed by atoms with van der Waals surface area (Å²) in [5, 5.41) is 18.8. The molecular formula is C15H14N8O2. The predicted molar refractivity (Wildman–Crippen MR) is 89.4 cm³/mol. The molecule has 0 aliphatic carbocycles. The average molecular weight is 338 g/mol. The molecule has 4 heterocycles. The lowest BCUT2D eigenvalue weighted by molar-refractivity contribution is -0.621. The molecule has 0 amide bonds. The summed E-state index contributed by atoms with van der Waals surface area (Å²) in [5.41, 5.74) is 7.73. The zero-order valence-electron chi connectivity index (χ0n) is 13.2. The molecule has 0 radical (unpaired) electrons. The molecule has 0 unspecified atom stereocenters. The molecular weight excluding hydrogens is 324 g/mol. The molecule has 10 heteroatoms. The van der Waals surface area contributed by atoms with Crippen LogP contribution in [-0.2, 0) is 6.54 Å². The fraction of sp³-hybridized carbons (Fsp3) is 0.133. The van der Waals surface area contributed by atoms with Gasteiger partial charge in [-0.1, -0.05) is 0 Å². The van der Waals surface area contributed by atoms with Gasteiger partial charge in [-0.3, -0.25) is 9.67 Å². The van der Waals surface area contributed by atoms with E-state index >= 15 is 0 Å². The van der Waals surface area contributed by atoms with Crippen LogP contribution in [0.2, 0.25) is 0 Å². The third-order valence-electron chi connectivity index (χ3n) is 3.92. The summed E-state index contributed by atoms with van der Waals surface area (Å²) in [6.45, 7) is 1.76. The van der Waals surface area contributed by atoms with Gasteiger partial charge >= 0.3 is 5.69 Å². The number of nitrogens with one attached hydrogen (secondary N) is 2. The van der Waals surface area contributed by atoms with E-state index in [1.165, 1.54) is 4.57 Å². The Bertz CT molecular complexity index is 1130. The fourth-order valence-electron chi connectivity index (χ4n) is 2.64. The quantitative estimate of drug-likeness (QED) is 0.356. The monoisotopic (exact) mass is 338 g/mol. The number of imidazole rings is 1. The second kappa shape index (κ2) is 5.44. The largest absolute Gasteiger partial charge is 0.618 e. The first-order valence-electron chi connectivity index (χ1n) is 7.48. The van der Waals surface area contributed by atoms with Crippen LogP contribution >= 0.6 is 0 Å². The van der Waals surface area contributed by atoms with Gasteiger partial charge in [-0.05, 0) is 12.1 Å². The molecule has 0 aromatic carbocycles. The van der Waals surface area contributed by atoms with Gasteiger partial charge in [-0.2, -0.15) is 9.83 Å². The Morgan fingerprint density at radius 2 is 2.16 bits per heavy atom. The van der Waals surface area contributed by atoms with Gasteiger partial charge in [0.1, 0.15) is 17.8 Å². The highest BCUT2D eigenvalue weighted by molar-refractivity contribution is 5.83. The molecule has 0 saturated heterocycles. The minimum atomic E-state index is -0.417. The van der Waals surface area contributed by atoms with E-state index in [4.69, 9.17) is 5.73 Å². The Labute approximate surface area is 140 Å². The number of aromatic nitrogens is 7. The normalized spacial score (nSPS) is 11.2. The van der Waals surface area contributed by atoms with E-state index in [1.807, 2.05) is 0 Å². The Morgan fingerprint density at radius 1 is 1.32 bits per heavy atom. The lowest BCUT2D eigenvalue weighted by atomic mass is 10.3. The van der Waals surface area contributed by atoms with Crippen molar-refractivity contribution in [2.45, 2.75) is 13.5 Å². The number of H-pyrrole nitrogens is 2. The molecule has 10 nitrogen and oxygen atoms in total. The standard InChI is InChI=1S/C15H14N8O2/c1-8-3-2-4-9(23(8)25)7-22-14-11(18-15(22)24)12(16)19-13(20-14)10-5-6-17-21-10/h2-6H,7H2,1H3,(H,17,21)(H,18,24)(H2,16,19,20). The summed E-state index contributed by atoms with van der Waals surface area (Å²) >= 11 is 0. The highest BCUT2D eigenvalue weighted by atomic mass is 16.5. The lowest BCUT2D eigenvalue weighted by Gasteiger charge is -2.08. The van der Waals surface area contributed by atoms with Crippen LogP contribution in [0, 0.1) is 12.1 Å². The second-order valence-electron chi connectivity index (χ2n) is 5.57. The zero-order chi connectivity index (χ0) is 17.6. The van der Waals surface area contributed by atoms with E-state index in [-0.39, 0.29) is 12.4 Å². The van der Waals surface area contributed by atoms with Crippen molar-refractivity contribution in [3.05, 3.63) is 57.5 Å². The highest BCUT2D eigenvalue weighted by Crippen LogP contribution is 2.19. The topological polar surface area (TPSA) is 145 Å². The summed E-state index contributed by atoms with van der Waals surface area (Å²) in [4.78, 5) is 23.6. The van der Waals surface area contributed by atoms with E-state index in [0.29, 0.717) is 34.1 Å². The zero-order valence-corrected chi connectivity index (χ0v) is 13.2. The maximum atomic E-state index is 12.3. The number of rotatable bonds is 3. The third-order valence-corrected chi connectivity index (χ3v) is 3.92. The van der Waals surface area contributed by atoms with Gasteiger partial charge in [0.2, 0.25) is 5.69 Å². The fourth-order valence-corrected chi connectivity index (χ4v) is 2.64. The van der Waals surface area contributed by atoms with E-state index in [2.05, 4.69) is 25.1 Å². The number of hydrogen-bond acceptors (Lipinski definition) is 6. The summed E-state index contributed by atoms with van der Waals surface area (Å²) in [6, 6.07) is 6.82. The number of nitrogens with two attached hydrogens (primary N) is 1. The highest BCUT2D eigenvalue weighted by Gasteiger charge is 2.18.